The van der Waals surface area contributed by atoms with Gasteiger partial charge in [-0.25, -0.2) is 0 Å². The summed E-state index contributed by atoms with van der Waals surface area (Å²) in [7, 11) is 0. The van der Waals surface area contributed by atoms with Gasteiger partial charge in [0.25, 0.3) is 5.91 Å². The Kier molecular flexibility index (Phi) is 3.79. The lowest BCUT2D eigenvalue weighted by Crippen LogP contribution is -2.23. The van der Waals surface area contributed by atoms with Gasteiger partial charge in [-0.05, 0) is 35.9 Å². The molecule has 0 aliphatic heterocycles. The highest BCUT2D eigenvalue weighted by Crippen LogP contribution is 2.20. The molecule has 0 saturated heterocycles. The van der Waals surface area contributed by atoms with Crippen molar-refractivity contribution in [3.05, 3.63) is 58.9 Å². The molecule has 4 nitrogen and oxygen atoms in total. The Balaban J connectivity index is 2.06. The highest BCUT2D eigenvalue weighted by Gasteiger charge is 2.10. The quantitative estimate of drug-likeness (QED) is 0.893. The third-order valence-corrected chi connectivity index (χ3v) is 2.73. The van der Waals surface area contributed by atoms with Gasteiger partial charge in [0.15, 0.2) is 0 Å². The Labute approximate surface area is 109 Å². The molecule has 2 rings (SSSR count). The van der Waals surface area contributed by atoms with E-state index in [0.717, 1.165) is 5.56 Å². The largest absolute Gasteiger partial charge is 0.508 e. The van der Waals surface area contributed by atoms with Crippen molar-refractivity contribution in [2.24, 2.45) is 0 Å². The van der Waals surface area contributed by atoms with E-state index in [4.69, 9.17) is 11.6 Å². The van der Waals surface area contributed by atoms with Crippen molar-refractivity contribution in [3.8, 4) is 5.75 Å². The van der Waals surface area contributed by atoms with E-state index in [2.05, 4.69) is 10.3 Å². The van der Waals surface area contributed by atoms with Gasteiger partial charge in [-0.2, -0.15) is 0 Å². The molecule has 5 heteroatoms. The van der Waals surface area contributed by atoms with Crippen molar-refractivity contribution in [2.75, 3.05) is 0 Å². The lowest BCUT2D eigenvalue weighted by molar-refractivity contribution is 0.0950. The van der Waals surface area contributed by atoms with Gasteiger partial charge in [0.1, 0.15) is 5.75 Å². The van der Waals surface area contributed by atoms with Crippen LogP contribution in [0, 0.1) is 0 Å². The maximum Gasteiger partial charge on any atom is 0.253 e. The van der Waals surface area contributed by atoms with Crippen molar-refractivity contribution in [1.29, 1.82) is 0 Å². The molecule has 2 aromatic rings. The van der Waals surface area contributed by atoms with Crippen molar-refractivity contribution in [3.63, 3.8) is 0 Å². The molecule has 1 aromatic heterocycles. The first-order valence-corrected chi connectivity index (χ1v) is 5.70. The number of nitrogens with zero attached hydrogens (tertiary/aromatic N) is 1. The molecule has 0 bridgehead atoms. The standard InChI is InChI=1S/C13H11ClN2O2/c14-12-2-1-10(17)7-11(12)13(18)16-8-9-3-5-15-6-4-9/h1-7,17H,8H2,(H,16,18). The number of phenolic OH excluding ortho intramolecular Hbond substituents is 1. The van der Waals surface area contributed by atoms with Crippen LogP contribution in [0.25, 0.3) is 0 Å². The normalized spacial score (nSPS) is 10.1. The van der Waals surface area contributed by atoms with E-state index in [-0.39, 0.29) is 17.2 Å². The van der Waals surface area contributed by atoms with Crippen LogP contribution in [0.4, 0.5) is 0 Å². The zero-order valence-corrected chi connectivity index (χ0v) is 10.2. The average molecular weight is 263 g/mol. The molecule has 1 aromatic carbocycles. The zero-order chi connectivity index (χ0) is 13.0. The van der Waals surface area contributed by atoms with Gasteiger partial charge in [0, 0.05) is 18.9 Å². The summed E-state index contributed by atoms with van der Waals surface area (Å²) in [5.41, 5.74) is 1.19. The fourth-order valence-corrected chi connectivity index (χ4v) is 1.67. The number of aromatic hydroxyl groups is 1. The summed E-state index contributed by atoms with van der Waals surface area (Å²) in [6.45, 7) is 0.382. The third-order valence-electron chi connectivity index (χ3n) is 2.40. The van der Waals surface area contributed by atoms with Gasteiger partial charge in [-0.15, -0.1) is 0 Å². The molecule has 0 aliphatic rings. The number of pyridine rings is 1. The van der Waals surface area contributed by atoms with E-state index in [1.807, 2.05) is 12.1 Å². The highest BCUT2D eigenvalue weighted by molar-refractivity contribution is 6.33. The van der Waals surface area contributed by atoms with Gasteiger partial charge in [-0.3, -0.25) is 9.78 Å². The molecular formula is C13H11ClN2O2. The van der Waals surface area contributed by atoms with Crippen LogP contribution >= 0.6 is 11.6 Å². The van der Waals surface area contributed by atoms with Crippen molar-refractivity contribution < 1.29 is 9.90 Å². The van der Waals surface area contributed by atoms with E-state index in [1.165, 1.54) is 18.2 Å². The Morgan fingerprint density at radius 3 is 2.72 bits per heavy atom. The predicted octanol–water partition coefficient (Wildman–Crippen LogP) is 2.37. The van der Waals surface area contributed by atoms with Gasteiger partial charge in [0.05, 0.1) is 10.6 Å². The van der Waals surface area contributed by atoms with E-state index < -0.39 is 0 Å². The van der Waals surface area contributed by atoms with Crippen molar-refractivity contribution in [1.82, 2.24) is 10.3 Å². The molecular weight excluding hydrogens is 252 g/mol. The number of carbonyl (C=O) groups excluding carboxylic acids is 1. The lowest BCUT2D eigenvalue weighted by Gasteiger charge is -2.07. The monoisotopic (exact) mass is 262 g/mol. The van der Waals surface area contributed by atoms with Crippen LogP contribution in [0.2, 0.25) is 5.02 Å². The van der Waals surface area contributed by atoms with Crippen LogP contribution in [0.15, 0.2) is 42.7 Å². The summed E-state index contributed by atoms with van der Waals surface area (Å²) in [5, 5.41) is 12.4. The van der Waals surface area contributed by atoms with Crippen molar-refractivity contribution in [2.45, 2.75) is 6.54 Å². The van der Waals surface area contributed by atoms with Crippen LogP contribution in [0.3, 0.4) is 0 Å². The average Bonchev–Trinajstić information content (AvgIpc) is 2.40. The first kappa shape index (κ1) is 12.4. The molecule has 0 unspecified atom stereocenters. The molecule has 92 valence electrons. The Morgan fingerprint density at radius 1 is 1.28 bits per heavy atom. The molecule has 0 spiro atoms. The van der Waals surface area contributed by atoms with Crippen LogP contribution in [-0.2, 0) is 6.54 Å². The first-order chi connectivity index (χ1) is 8.66. The second kappa shape index (κ2) is 5.51. The SMILES string of the molecule is O=C(NCc1ccncc1)c1cc(O)ccc1Cl. The van der Waals surface area contributed by atoms with Gasteiger partial charge in [-0.1, -0.05) is 11.6 Å². The maximum absolute atomic E-state index is 11.9. The maximum atomic E-state index is 11.9. The minimum Gasteiger partial charge on any atom is -0.508 e. The van der Waals surface area contributed by atoms with Crippen LogP contribution in [-0.4, -0.2) is 16.0 Å². The number of nitrogens with one attached hydrogen (secondary N) is 1. The topological polar surface area (TPSA) is 62.2 Å². The number of hydrogen-bond donors (Lipinski definition) is 2. The van der Waals surface area contributed by atoms with Crippen LogP contribution in [0.1, 0.15) is 15.9 Å². The van der Waals surface area contributed by atoms with Crippen molar-refractivity contribution >= 4 is 17.5 Å². The number of halogens is 1. The minimum absolute atomic E-state index is 0.00783. The summed E-state index contributed by atoms with van der Waals surface area (Å²) in [5.74, 6) is -0.318. The van der Waals surface area contributed by atoms with Gasteiger partial charge >= 0.3 is 0 Å². The van der Waals surface area contributed by atoms with Gasteiger partial charge < -0.3 is 10.4 Å². The highest BCUT2D eigenvalue weighted by atomic mass is 35.5. The molecule has 0 fully saturated rings. The summed E-state index contributed by atoms with van der Waals surface area (Å²) in [6, 6.07) is 7.87. The van der Waals surface area contributed by atoms with E-state index in [9.17, 15) is 9.90 Å². The number of benzene rings is 1. The first-order valence-electron chi connectivity index (χ1n) is 5.32. The molecule has 0 atom stereocenters. The fourth-order valence-electron chi connectivity index (χ4n) is 1.47. The van der Waals surface area contributed by atoms with E-state index in [1.54, 1.807) is 12.4 Å². The summed E-state index contributed by atoms with van der Waals surface area (Å²) < 4.78 is 0. The Morgan fingerprint density at radius 2 is 2.00 bits per heavy atom. The third kappa shape index (κ3) is 2.99. The Bertz CT molecular complexity index is 558. The molecule has 0 saturated carbocycles. The summed E-state index contributed by atoms with van der Waals surface area (Å²) >= 11 is 5.89. The Hall–Kier alpha value is -2.07. The number of aromatic nitrogens is 1. The molecule has 1 heterocycles. The predicted molar refractivity (Wildman–Crippen MR) is 68.5 cm³/mol. The number of carbonyl (C=O) groups is 1. The van der Waals surface area contributed by atoms with E-state index >= 15 is 0 Å². The number of hydrogen-bond acceptors (Lipinski definition) is 3. The minimum atomic E-state index is -0.326. The summed E-state index contributed by atoms with van der Waals surface area (Å²) in [6.07, 6.45) is 3.31. The number of rotatable bonds is 3. The number of phenols is 1. The fraction of sp³-hybridized carbons (Fsp3) is 0.0769. The lowest BCUT2D eigenvalue weighted by atomic mass is 10.2. The molecule has 1 amide bonds. The smallest absolute Gasteiger partial charge is 0.253 e. The number of amides is 1. The molecule has 0 aliphatic carbocycles. The van der Waals surface area contributed by atoms with Gasteiger partial charge in [0.2, 0.25) is 0 Å². The van der Waals surface area contributed by atoms with E-state index in [0.29, 0.717) is 11.6 Å². The molecule has 0 radical (unpaired) electrons. The second-order valence-corrected chi connectivity index (χ2v) is 4.11. The molecule has 2 N–H and O–H groups in total. The summed E-state index contributed by atoms with van der Waals surface area (Å²) in [4.78, 5) is 15.8. The molecule has 18 heavy (non-hydrogen) atoms. The van der Waals surface area contributed by atoms with Crippen LogP contribution < -0.4 is 5.32 Å². The zero-order valence-electron chi connectivity index (χ0n) is 9.43. The second-order valence-electron chi connectivity index (χ2n) is 3.70. The van der Waals surface area contributed by atoms with Crippen LogP contribution in [0.5, 0.6) is 5.75 Å².